The Morgan fingerprint density at radius 3 is 2.71 bits per heavy atom. The van der Waals surface area contributed by atoms with Gasteiger partial charge in [-0.2, -0.15) is 5.10 Å². The van der Waals surface area contributed by atoms with Crippen LogP contribution >= 0.6 is 0 Å². The molecule has 1 aliphatic rings. The lowest BCUT2D eigenvalue weighted by Crippen LogP contribution is -2.44. The Balaban J connectivity index is 1.51. The molecule has 28 heavy (non-hydrogen) atoms. The quantitative estimate of drug-likeness (QED) is 0.630. The summed E-state index contributed by atoms with van der Waals surface area (Å²) in [5, 5.41) is 22.2. The van der Waals surface area contributed by atoms with Gasteiger partial charge in [-0.05, 0) is 63.5 Å². The second kappa shape index (κ2) is 7.69. The van der Waals surface area contributed by atoms with E-state index in [0.29, 0.717) is 37.1 Å². The second-order valence-corrected chi connectivity index (χ2v) is 7.38. The van der Waals surface area contributed by atoms with E-state index in [9.17, 15) is 9.90 Å². The molecule has 7 heteroatoms. The van der Waals surface area contributed by atoms with Crippen LogP contribution in [0.25, 0.3) is 16.7 Å². The molecule has 0 bridgehead atoms. The number of aliphatic hydroxyl groups is 1. The fourth-order valence-electron chi connectivity index (χ4n) is 3.66. The van der Waals surface area contributed by atoms with Gasteiger partial charge in [-0.25, -0.2) is 9.67 Å². The lowest BCUT2D eigenvalue weighted by atomic mass is 9.89. The monoisotopic (exact) mass is 379 g/mol. The maximum Gasteiger partial charge on any atom is 0.269 e. The Hall–Kier alpha value is -2.77. The van der Waals surface area contributed by atoms with Gasteiger partial charge in [0.1, 0.15) is 5.69 Å². The average Bonchev–Trinajstić information content (AvgIpc) is 3.05. The van der Waals surface area contributed by atoms with E-state index < -0.39 is 5.60 Å². The standard InChI is InChI=1S/C21H25N5O2/c1-15-17-7-8-18(20(27)23-14-11-21(28)9-12-22-13-10-21)24-19(17)26(25-15)16-5-3-2-4-6-16/h2-8,22,28H,9-14H2,1H3,(H,23,27). The average molecular weight is 379 g/mol. The third kappa shape index (κ3) is 3.76. The van der Waals surface area contributed by atoms with Crippen molar-refractivity contribution >= 4 is 16.9 Å². The van der Waals surface area contributed by atoms with Gasteiger partial charge in [0.05, 0.1) is 17.0 Å². The van der Waals surface area contributed by atoms with Crippen LogP contribution in [0.15, 0.2) is 42.5 Å². The first-order chi connectivity index (χ1) is 13.6. The molecule has 0 spiro atoms. The summed E-state index contributed by atoms with van der Waals surface area (Å²) >= 11 is 0. The van der Waals surface area contributed by atoms with E-state index in [1.54, 1.807) is 10.7 Å². The van der Waals surface area contributed by atoms with Gasteiger partial charge >= 0.3 is 0 Å². The molecule has 1 saturated heterocycles. The number of nitrogens with zero attached hydrogens (tertiary/aromatic N) is 3. The van der Waals surface area contributed by atoms with Crippen LogP contribution in [0, 0.1) is 6.92 Å². The van der Waals surface area contributed by atoms with Crippen molar-refractivity contribution in [3.05, 3.63) is 53.9 Å². The summed E-state index contributed by atoms with van der Waals surface area (Å²) in [7, 11) is 0. The fraction of sp³-hybridized carbons (Fsp3) is 0.381. The van der Waals surface area contributed by atoms with Crippen molar-refractivity contribution in [1.29, 1.82) is 0 Å². The SMILES string of the molecule is Cc1nn(-c2ccccc2)c2nc(C(=O)NCCC3(O)CCNCC3)ccc12. The van der Waals surface area contributed by atoms with Crippen molar-refractivity contribution in [1.82, 2.24) is 25.4 Å². The van der Waals surface area contributed by atoms with Crippen molar-refractivity contribution in [2.24, 2.45) is 0 Å². The maximum atomic E-state index is 12.6. The van der Waals surface area contributed by atoms with Gasteiger partial charge in [-0.1, -0.05) is 18.2 Å². The van der Waals surface area contributed by atoms with Crippen LogP contribution in [-0.4, -0.2) is 51.0 Å². The molecule has 0 radical (unpaired) electrons. The normalized spacial score (nSPS) is 16.2. The Morgan fingerprint density at radius 1 is 1.21 bits per heavy atom. The minimum Gasteiger partial charge on any atom is -0.390 e. The van der Waals surface area contributed by atoms with Gasteiger partial charge in [0.15, 0.2) is 5.65 Å². The molecule has 0 unspecified atom stereocenters. The van der Waals surface area contributed by atoms with E-state index in [-0.39, 0.29) is 5.91 Å². The molecule has 0 saturated carbocycles. The molecule has 7 nitrogen and oxygen atoms in total. The van der Waals surface area contributed by atoms with E-state index in [2.05, 4.69) is 20.7 Å². The van der Waals surface area contributed by atoms with Crippen LogP contribution < -0.4 is 10.6 Å². The Kier molecular flexibility index (Phi) is 5.11. The van der Waals surface area contributed by atoms with Crippen molar-refractivity contribution in [2.45, 2.75) is 31.8 Å². The minimum absolute atomic E-state index is 0.238. The summed E-state index contributed by atoms with van der Waals surface area (Å²) in [5.41, 5.74) is 2.08. The van der Waals surface area contributed by atoms with Crippen LogP contribution in [0.5, 0.6) is 0 Å². The van der Waals surface area contributed by atoms with Crippen LogP contribution in [0.3, 0.4) is 0 Å². The smallest absolute Gasteiger partial charge is 0.269 e. The maximum absolute atomic E-state index is 12.6. The van der Waals surface area contributed by atoms with E-state index in [1.807, 2.05) is 43.3 Å². The topological polar surface area (TPSA) is 92.1 Å². The molecule has 1 aromatic carbocycles. The minimum atomic E-state index is -0.695. The first-order valence-corrected chi connectivity index (χ1v) is 9.69. The molecule has 1 fully saturated rings. The van der Waals surface area contributed by atoms with Gasteiger partial charge in [-0.3, -0.25) is 4.79 Å². The first kappa shape index (κ1) is 18.6. The number of aryl methyl sites for hydroxylation is 1. The number of hydrogen-bond donors (Lipinski definition) is 3. The van der Waals surface area contributed by atoms with Gasteiger partial charge in [-0.15, -0.1) is 0 Å². The third-order valence-corrected chi connectivity index (χ3v) is 5.36. The number of para-hydroxylation sites is 1. The van der Waals surface area contributed by atoms with Crippen LogP contribution in [-0.2, 0) is 0 Å². The number of nitrogens with one attached hydrogen (secondary N) is 2. The molecule has 2 aromatic heterocycles. The number of amides is 1. The largest absolute Gasteiger partial charge is 0.390 e. The molecule has 146 valence electrons. The highest BCUT2D eigenvalue weighted by Gasteiger charge is 2.28. The van der Waals surface area contributed by atoms with Gasteiger partial charge in [0.2, 0.25) is 0 Å². The van der Waals surface area contributed by atoms with Gasteiger partial charge in [0.25, 0.3) is 5.91 Å². The summed E-state index contributed by atoms with van der Waals surface area (Å²) < 4.78 is 1.76. The number of hydrogen-bond acceptors (Lipinski definition) is 5. The molecular weight excluding hydrogens is 354 g/mol. The summed E-state index contributed by atoms with van der Waals surface area (Å²) in [6.45, 7) is 3.98. The highest BCUT2D eigenvalue weighted by molar-refractivity contribution is 5.94. The van der Waals surface area contributed by atoms with E-state index in [0.717, 1.165) is 29.9 Å². The molecule has 3 heterocycles. The number of rotatable bonds is 5. The summed E-state index contributed by atoms with van der Waals surface area (Å²) in [6, 6.07) is 13.4. The number of pyridine rings is 1. The Morgan fingerprint density at radius 2 is 1.96 bits per heavy atom. The molecule has 0 aliphatic carbocycles. The molecule has 0 atom stereocenters. The molecule has 4 rings (SSSR count). The van der Waals surface area contributed by atoms with Crippen molar-refractivity contribution in [3.63, 3.8) is 0 Å². The number of carbonyl (C=O) groups excluding carboxylic acids is 1. The predicted octanol–water partition coefficient (Wildman–Crippen LogP) is 1.96. The van der Waals surface area contributed by atoms with Gasteiger partial charge < -0.3 is 15.7 Å². The van der Waals surface area contributed by atoms with Crippen LogP contribution in [0.4, 0.5) is 0 Å². The van der Waals surface area contributed by atoms with E-state index in [1.165, 1.54) is 0 Å². The van der Waals surface area contributed by atoms with Gasteiger partial charge in [0, 0.05) is 11.9 Å². The van der Waals surface area contributed by atoms with Crippen molar-refractivity contribution in [3.8, 4) is 5.69 Å². The fourth-order valence-corrected chi connectivity index (χ4v) is 3.66. The zero-order valence-electron chi connectivity index (χ0n) is 16.0. The highest BCUT2D eigenvalue weighted by atomic mass is 16.3. The number of piperidine rings is 1. The first-order valence-electron chi connectivity index (χ1n) is 9.69. The highest BCUT2D eigenvalue weighted by Crippen LogP contribution is 2.22. The summed E-state index contributed by atoms with van der Waals surface area (Å²) in [5.74, 6) is -0.238. The molecule has 3 N–H and O–H groups in total. The van der Waals surface area contributed by atoms with E-state index in [4.69, 9.17) is 0 Å². The second-order valence-electron chi connectivity index (χ2n) is 7.38. The molecule has 3 aromatic rings. The summed E-state index contributed by atoms with van der Waals surface area (Å²) in [4.78, 5) is 17.2. The van der Waals surface area contributed by atoms with Crippen LogP contribution in [0.1, 0.15) is 35.4 Å². The predicted molar refractivity (Wildman–Crippen MR) is 108 cm³/mol. The Bertz CT molecular complexity index is 977. The number of fused-ring (bicyclic) bond motifs is 1. The third-order valence-electron chi connectivity index (χ3n) is 5.36. The zero-order chi connectivity index (χ0) is 19.6. The zero-order valence-corrected chi connectivity index (χ0v) is 16.0. The molecule has 1 amide bonds. The Labute approximate surface area is 163 Å². The number of aromatic nitrogens is 3. The molecule has 1 aliphatic heterocycles. The van der Waals surface area contributed by atoms with Crippen LogP contribution in [0.2, 0.25) is 0 Å². The lowest BCUT2D eigenvalue weighted by Gasteiger charge is -2.32. The molecular formula is C21H25N5O2. The summed E-state index contributed by atoms with van der Waals surface area (Å²) in [6.07, 6.45) is 1.97. The lowest BCUT2D eigenvalue weighted by molar-refractivity contribution is 0.00324. The van der Waals surface area contributed by atoms with Crippen molar-refractivity contribution in [2.75, 3.05) is 19.6 Å². The van der Waals surface area contributed by atoms with Crippen molar-refractivity contribution < 1.29 is 9.90 Å². The number of carbonyl (C=O) groups is 1. The number of benzene rings is 1. The van der Waals surface area contributed by atoms with E-state index >= 15 is 0 Å².